The van der Waals surface area contributed by atoms with Gasteiger partial charge in [0.05, 0.1) is 6.04 Å². The highest BCUT2D eigenvalue weighted by molar-refractivity contribution is 7.84. The molecule has 2 aromatic rings. The second-order valence-corrected chi connectivity index (χ2v) is 8.11. The van der Waals surface area contributed by atoms with Crippen molar-refractivity contribution in [2.45, 2.75) is 25.4 Å². The average molecular weight is 314 g/mol. The largest absolute Gasteiger partial charge is 0.302 e. The van der Waals surface area contributed by atoms with E-state index in [0.717, 1.165) is 12.2 Å². The van der Waals surface area contributed by atoms with Crippen molar-refractivity contribution >= 4 is 33.5 Å². The number of thiophene rings is 2. The van der Waals surface area contributed by atoms with Crippen LogP contribution in [0.3, 0.4) is 0 Å². The third-order valence-electron chi connectivity index (χ3n) is 2.94. The molecule has 104 valence electrons. The van der Waals surface area contributed by atoms with E-state index in [1.165, 1.54) is 9.75 Å². The van der Waals surface area contributed by atoms with Crippen LogP contribution in [0, 0.1) is 0 Å². The summed E-state index contributed by atoms with van der Waals surface area (Å²) in [5.74, 6) is 0.760. The molecule has 0 aliphatic heterocycles. The molecule has 2 heterocycles. The maximum absolute atomic E-state index is 11.2. The Labute approximate surface area is 125 Å². The summed E-state index contributed by atoms with van der Waals surface area (Å²) < 4.78 is 11.2. The van der Waals surface area contributed by atoms with Crippen LogP contribution in [-0.2, 0) is 10.8 Å². The third kappa shape index (κ3) is 4.53. The zero-order valence-corrected chi connectivity index (χ0v) is 13.6. The molecule has 0 aliphatic rings. The van der Waals surface area contributed by atoms with Crippen molar-refractivity contribution in [3.63, 3.8) is 0 Å². The average Bonchev–Trinajstić information content (AvgIpc) is 3.05. The van der Waals surface area contributed by atoms with Crippen LogP contribution in [0.15, 0.2) is 35.0 Å². The first-order valence-corrected chi connectivity index (χ1v) is 9.78. The molecule has 0 bridgehead atoms. The van der Waals surface area contributed by atoms with Gasteiger partial charge in [-0.2, -0.15) is 0 Å². The van der Waals surface area contributed by atoms with Crippen molar-refractivity contribution in [1.29, 1.82) is 0 Å². The predicted octanol–water partition coefficient (Wildman–Crippen LogP) is 3.65. The molecular weight excluding hydrogens is 294 g/mol. The highest BCUT2D eigenvalue weighted by Crippen LogP contribution is 2.29. The van der Waals surface area contributed by atoms with Crippen LogP contribution in [0.4, 0.5) is 0 Å². The minimum absolute atomic E-state index is 0.264. The molecule has 0 amide bonds. The van der Waals surface area contributed by atoms with E-state index >= 15 is 0 Å². The van der Waals surface area contributed by atoms with Gasteiger partial charge in [-0.1, -0.05) is 12.1 Å². The minimum Gasteiger partial charge on any atom is -0.302 e. The summed E-state index contributed by atoms with van der Waals surface area (Å²) >= 11 is 3.56. The summed E-state index contributed by atoms with van der Waals surface area (Å²) in [5.41, 5.74) is 0. The van der Waals surface area contributed by atoms with Gasteiger partial charge in [-0.15, -0.1) is 22.7 Å². The van der Waals surface area contributed by atoms with Gasteiger partial charge in [-0.05, 0) is 36.2 Å². The van der Waals surface area contributed by atoms with Gasteiger partial charge in [0.2, 0.25) is 0 Å². The van der Waals surface area contributed by atoms with Gasteiger partial charge in [-0.25, -0.2) is 0 Å². The van der Waals surface area contributed by atoms with E-state index < -0.39 is 10.8 Å². The lowest BCUT2D eigenvalue weighted by molar-refractivity contribution is 0.496. The van der Waals surface area contributed by atoms with Crippen LogP contribution in [0.25, 0.3) is 0 Å². The lowest BCUT2D eigenvalue weighted by Crippen LogP contribution is -2.31. The first kappa shape index (κ1) is 14.9. The lowest BCUT2D eigenvalue weighted by atomic mass is 10.1. The van der Waals surface area contributed by atoms with Crippen molar-refractivity contribution in [3.8, 4) is 0 Å². The van der Waals surface area contributed by atoms with Crippen molar-refractivity contribution in [1.82, 2.24) is 5.32 Å². The molecule has 0 radical (unpaired) electrons. The summed E-state index contributed by atoms with van der Waals surface area (Å²) in [6, 6.07) is 9.15. The van der Waals surface area contributed by atoms with Crippen LogP contribution in [0.2, 0.25) is 0 Å². The van der Waals surface area contributed by atoms with Crippen molar-refractivity contribution in [2.24, 2.45) is 0 Å². The SMILES string of the molecule is CC(CCS(C)=O)NC(c1cccs1)c1cccs1. The van der Waals surface area contributed by atoms with Crippen LogP contribution < -0.4 is 5.32 Å². The fourth-order valence-electron chi connectivity index (χ4n) is 1.93. The summed E-state index contributed by atoms with van der Waals surface area (Å²) in [5, 5.41) is 7.89. The molecule has 0 saturated carbocycles. The Kier molecular flexibility index (Phi) is 5.76. The first-order chi connectivity index (χ1) is 9.16. The standard InChI is InChI=1S/C14H19NOS3/c1-11(7-10-19(2)16)15-14(12-5-3-8-17-12)13-6-4-9-18-13/h3-6,8-9,11,14-15H,7,10H2,1-2H3. The Bertz CT molecular complexity index is 459. The molecule has 2 nitrogen and oxygen atoms in total. The zero-order valence-electron chi connectivity index (χ0n) is 11.2. The van der Waals surface area contributed by atoms with Crippen LogP contribution in [-0.4, -0.2) is 22.3 Å². The number of hydrogen-bond donors (Lipinski definition) is 1. The maximum Gasteiger partial charge on any atom is 0.0766 e. The lowest BCUT2D eigenvalue weighted by Gasteiger charge is -2.21. The van der Waals surface area contributed by atoms with Crippen LogP contribution >= 0.6 is 22.7 Å². The smallest absolute Gasteiger partial charge is 0.0766 e. The van der Waals surface area contributed by atoms with Gasteiger partial charge in [-0.3, -0.25) is 4.21 Å². The molecule has 2 aromatic heterocycles. The Morgan fingerprint density at radius 3 is 2.21 bits per heavy atom. The molecular formula is C14H19NOS3. The second-order valence-electron chi connectivity index (χ2n) is 4.60. The van der Waals surface area contributed by atoms with Crippen LogP contribution in [0.5, 0.6) is 0 Å². The van der Waals surface area contributed by atoms with E-state index in [1.807, 2.05) is 0 Å². The summed E-state index contributed by atoms with van der Waals surface area (Å²) in [7, 11) is -0.709. The summed E-state index contributed by atoms with van der Waals surface area (Å²) in [6.07, 6.45) is 2.71. The van der Waals surface area contributed by atoms with Gasteiger partial charge in [0, 0.05) is 38.6 Å². The molecule has 2 atom stereocenters. The van der Waals surface area contributed by atoms with Crippen molar-refractivity contribution in [3.05, 3.63) is 44.8 Å². The monoisotopic (exact) mass is 313 g/mol. The van der Waals surface area contributed by atoms with E-state index in [-0.39, 0.29) is 6.04 Å². The Hall–Kier alpha value is -0.490. The minimum atomic E-state index is -0.709. The topological polar surface area (TPSA) is 29.1 Å². The molecule has 5 heteroatoms. The Balaban J connectivity index is 2.05. The van der Waals surface area contributed by atoms with Gasteiger partial charge in [0.15, 0.2) is 0 Å². The van der Waals surface area contributed by atoms with E-state index in [9.17, 15) is 4.21 Å². The van der Waals surface area contributed by atoms with Crippen LogP contribution in [0.1, 0.15) is 29.1 Å². The quantitative estimate of drug-likeness (QED) is 0.845. The number of rotatable bonds is 7. The Morgan fingerprint density at radius 1 is 1.21 bits per heavy atom. The van der Waals surface area contributed by atoms with E-state index in [4.69, 9.17) is 0 Å². The van der Waals surface area contributed by atoms with Gasteiger partial charge in [0.1, 0.15) is 0 Å². The molecule has 0 aromatic carbocycles. The summed E-state index contributed by atoms with van der Waals surface area (Å²) in [4.78, 5) is 2.68. The molecule has 19 heavy (non-hydrogen) atoms. The molecule has 0 aliphatic carbocycles. The molecule has 0 saturated heterocycles. The third-order valence-corrected chi connectivity index (χ3v) is 5.63. The van der Waals surface area contributed by atoms with E-state index in [1.54, 1.807) is 28.9 Å². The highest BCUT2D eigenvalue weighted by atomic mass is 32.2. The molecule has 0 spiro atoms. The summed E-state index contributed by atoms with van der Waals surface area (Å²) in [6.45, 7) is 2.17. The van der Waals surface area contributed by atoms with E-state index in [2.05, 4.69) is 47.3 Å². The number of nitrogens with one attached hydrogen (secondary N) is 1. The maximum atomic E-state index is 11.2. The molecule has 2 unspecified atom stereocenters. The van der Waals surface area contributed by atoms with Crippen molar-refractivity contribution in [2.75, 3.05) is 12.0 Å². The van der Waals surface area contributed by atoms with E-state index in [0.29, 0.717) is 6.04 Å². The van der Waals surface area contributed by atoms with Crippen molar-refractivity contribution < 1.29 is 4.21 Å². The molecule has 0 fully saturated rings. The zero-order chi connectivity index (χ0) is 13.7. The van der Waals surface area contributed by atoms with Gasteiger partial charge in [0.25, 0.3) is 0 Å². The van der Waals surface area contributed by atoms with Gasteiger partial charge >= 0.3 is 0 Å². The van der Waals surface area contributed by atoms with Gasteiger partial charge < -0.3 is 5.32 Å². The molecule has 2 rings (SSSR count). The predicted molar refractivity (Wildman–Crippen MR) is 86.6 cm³/mol. The normalized spacial score (nSPS) is 14.7. The first-order valence-electron chi connectivity index (χ1n) is 6.29. The second kappa shape index (κ2) is 7.33. The fraction of sp³-hybridized carbons (Fsp3) is 0.429. The number of hydrogen-bond acceptors (Lipinski definition) is 4. The highest BCUT2D eigenvalue weighted by Gasteiger charge is 2.18. The Morgan fingerprint density at radius 2 is 1.79 bits per heavy atom. The fourth-order valence-corrected chi connectivity index (χ4v) is 4.29. The molecule has 1 N–H and O–H groups in total.